The number of rotatable bonds is 7. The number of aliphatic hydroxyl groups excluding tert-OH is 1. The van der Waals surface area contributed by atoms with Crippen LogP contribution in [0.4, 0.5) is 13.2 Å². The van der Waals surface area contributed by atoms with Crippen molar-refractivity contribution in [3.8, 4) is 0 Å². The van der Waals surface area contributed by atoms with E-state index >= 15 is 0 Å². The number of carbonyl (C=O) groups excluding carboxylic acids is 2. The maximum atomic E-state index is 12.4. The summed E-state index contributed by atoms with van der Waals surface area (Å²) in [6, 6.07) is 3.71. The Kier molecular flexibility index (Phi) is 7.02. The van der Waals surface area contributed by atoms with Crippen molar-refractivity contribution >= 4 is 11.8 Å². The second-order valence-corrected chi connectivity index (χ2v) is 4.96. The zero-order chi connectivity index (χ0) is 17.5. The Hall–Kier alpha value is -2.09. The van der Waals surface area contributed by atoms with Crippen LogP contribution in [0.5, 0.6) is 0 Å². The van der Waals surface area contributed by atoms with Gasteiger partial charge in [0.25, 0.3) is 5.91 Å². The minimum atomic E-state index is -4.46. The van der Waals surface area contributed by atoms with Crippen molar-refractivity contribution in [1.82, 2.24) is 10.6 Å². The lowest BCUT2D eigenvalue weighted by atomic mass is 10.1. The summed E-state index contributed by atoms with van der Waals surface area (Å²) in [5, 5.41) is 14.2. The molecule has 0 saturated heterocycles. The SMILES string of the molecule is CCC(O)CCNC(=O)CNC(=O)c1ccc(C(F)(F)F)cc1. The van der Waals surface area contributed by atoms with Crippen molar-refractivity contribution in [2.24, 2.45) is 0 Å². The third-order valence-corrected chi connectivity index (χ3v) is 3.15. The Balaban J connectivity index is 2.40. The average Bonchev–Trinajstić information content (AvgIpc) is 2.51. The number of benzene rings is 1. The van der Waals surface area contributed by atoms with Gasteiger partial charge in [0.1, 0.15) is 0 Å². The second kappa shape index (κ2) is 8.52. The van der Waals surface area contributed by atoms with Gasteiger partial charge in [0.2, 0.25) is 5.91 Å². The van der Waals surface area contributed by atoms with Gasteiger partial charge in [-0.1, -0.05) is 6.92 Å². The summed E-state index contributed by atoms with van der Waals surface area (Å²) in [5.74, 6) is -1.07. The van der Waals surface area contributed by atoms with Crippen molar-refractivity contribution in [3.05, 3.63) is 35.4 Å². The van der Waals surface area contributed by atoms with Gasteiger partial charge >= 0.3 is 6.18 Å². The van der Waals surface area contributed by atoms with E-state index in [0.29, 0.717) is 12.8 Å². The highest BCUT2D eigenvalue weighted by Gasteiger charge is 2.30. The largest absolute Gasteiger partial charge is 0.416 e. The number of nitrogens with one attached hydrogen (secondary N) is 2. The van der Waals surface area contributed by atoms with E-state index in [1.807, 2.05) is 6.92 Å². The predicted octanol–water partition coefficient (Wildman–Crippen LogP) is 1.71. The molecule has 0 aliphatic rings. The molecule has 2 amide bonds. The van der Waals surface area contributed by atoms with E-state index in [1.54, 1.807) is 0 Å². The molecule has 8 heteroatoms. The van der Waals surface area contributed by atoms with Gasteiger partial charge in [-0.15, -0.1) is 0 Å². The first kappa shape index (κ1) is 19.0. The van der Waals surface area contributed by atoms with Crippen LogP contribution in [0, 0.1) is 0 Å². The number of hydrogen-bond donors (Lipinski definition) is 3. The summed E-state index contributed by atoms with van der Waals surface area (Å²) in [7, 11) is 0. The number of alkyl halides is 3. The third-order valence-electron chi connectivity index (χ3n) is 3.15. The first-order valence-corrected chi connectivity index (χ1v) is 7.14. The minimum absolute atomic E-state index is 0.0344. The normalized spacial score (nSPS) is 12.6. The maximum Gasteiger partial charge on any atom is 0.416 e. The summed E-state index contributed by atoms with van der Waals surface area (Å²) >= 11 is 0. The molecule has 0 fully saturated rings. The van der Waals surface area contributed by atoms with Crippen molar-refractivity contribution in [1.29, 1.82) is 0 Å². The van der Waals surface area contributed by atoms with E-state index in [-0.39, 0.29) is 18.7 Å². The summed E-state index contributed by atoms with van der Waals surface area (Å²) < 4.78 is 37.2. The molecule has 0 bridgehead atoms. The van der Waals surface area contributed by atoms with Crippen LogP contribution < -0.4 is 10.6 Å². The number of amides is 2. The van der Waals surface area contributed by atoms with Crippen molar-refractivity contribution in [3.63, 3.8) is 0 Å². The van der Waals surface area contributed by atoms with Gasteiger partial charge in [-0.05, 0) is 37.1 Å². The molecule has 1 aromatic rings. The van der Waals surface area contributed by atoms with Gasteiger partial charge in [-0.3, -0.25) is 9.59 Å². The van der Waals surface area contributed by atoms with Crippen molar-refractivity contribution < 1.29 is 27.9 Å². The molecule has 0 aliphatic heterocycles. The molecule has 1 unspecified atom stereocenters. The Morgan fingerprint density at radius 2 is 1.78 bits per heavy atom. The molecular formula is C15H19F3N2O3. The average molecular weight is 332 g/mol. The molecule has 0 saturated carbocycles. The van der Waals surface area contributed by atoms with Crippen LogP contribution in [0.3, 0.4) is 0 Å². The van der Waals surface area contributed by atoms with Crippen LogP contribution in [0.1, 0.15) is 35.7 Å². The highest BCUT2D eigenvalue weighted by Crippen LogP contribution is 2.28. The predicted molar refractivity (Wildman–Crippen MR) is 77.7 cm³/mol. The van der Waals surface area contributed by atoms with Gasteiger partial charge in [-0.25, -0.2) is 0 Å². The molecule has 0 radical (unpaired) electrons. The molecular weight excluding hydrogens is 313 g/mol. The van der Waals surface area contributed by atoms with E-state index in [2.05, 4.69) is 10.6 Å². The lowest BCUT2D eigenvalue weighted by molar-refractivity contribution is -0.137. The summed E-state index contributed by atoms with van der Waals surface area (Å²) in [6.45, 7) is 1.81. The van der Waals surface area contributed by atoms with Gasteiger partial charge in [0.05, 0.1) is 18.2 Å². The van der Waals surface area contributed by atoms with Gasteiger partial charge in [0.15, 0.2) is 0 Å². The molecule has 0 aromatic heterocycles. The molecule has 1 aromatic carbocycles. The molecule has 23 heavy (non-hydrogen) atoms. The Morgan fingerprint density at radius 1 is 1.17 bits per heavy atom. The fourth-order valence-electron chi connectivity index (χ4n) is 1.72. The second-order valence-electron chi connectivity index (χ2n) is 4.96. The summed E-state index contributed by atoms with van der Waals surface area (Å²) in [5.41, 5.74) is -0.812. The van der Waals surface area contributed by atoms with E-state index in [4.69, 9.17) is 0 Å². The van der Waals surface area contributed by atoms with E-state index in [9.17, 15) is 27.9 Å². The highest BCUT2D eigenvalue weighted by atomic mass is 19.4. The Morgan fingerprint density at radius 3 is 2.30 bits per heavy atom. The van der Waals surface area contributed by atoms with Crippen molar-refractivity contribution in [2.75, 3.05) is 13.1 Å². The Labute approximate surface area is 131 Å². The van der Waals surface area contributed by atoms with Gasteiger partial charge in [-0.2, -0.15) is 13.2 Å². The van der Waals surface area contributed by atoms with Gasteiger partial charge in [0, 0.05) is 12.1 Å². The Bertz CT molecular complexity index is 530. The number of carbonyl (C=O) groups is 2. The summed E-state index contributed by atoms with van der Waals surface area (Å²) in [6.07, 6.45) is -3.95. The van der Waals surface area contributed by atoms with Crippen LogP contribution in [0.15, 0.2) is 24.3 Å². The lowest BCUT2D eigenvalue weighted by Crippen LogP contribution is -2.37. The van der Waals surface area contributed by atoms with Crippen LogP contribution in [-0.2, 0) is 11.0 Å². The molecule has 0 aliphatic carbocycles. The molecule has 0 spiro atoms. The van der Waals surface area contributed by atoms with Crippen LogP contribution >= 0.6 is 0 Å². The van der Waals surface area contributed by atoms with E-state index in [0.717, 1.165) is 24.3 Å². The maximum absolute atomic E-state index is 12.4. The van der Waals surface area contributed by atoms with Crippen LogP contribution in [0.2, 0.25) is 0 Å². The number of hydrogen-bond acceptors (Lipinski definition) is 3. The van der Waals surface area contributed by atoms with Gasteiger partial charge < -0.3 is 15.7 Å². The first-order chi connectivity index (χ1) is 10.7. The number of aliphatic hydroxyl groups is 1. The minimum Gasteiger partial charge on any atom is -0.393 e. The molecule has 1 rings (SSSR count). The highest BCUT2D eigenvalue weighted by molar-refractivity contribution is 5.96. The first-order valence-electron chi connectivity index (χ1n) is 7.14. The fourth-order valence-corrected chi connectivity index (χ4v) is 1.72. The zero-order valence-electron chi connectivity index (χ0n) is 12.6. The zero-order valence-corrected chi connectivity index (χ0v) is 12.6. The van der Waals surface area contributed by atoms with E-state index < -0.39 is 29.7 Å². The monoisotopic (exact) mass is 332 g/mol. The third kappa shape index (κ3) is 6.68. The molecule has 3 N–H and O–H groups in total. The smallest absolute Gasteiger partial charge is 0.393 e. The summed E-state index contributed by atoms with van der Waals surface area (Å²) in [4.78, 5) is 23.2. The molecule has 5 nitrogen and oxygen atoms in total. The molecule has 128 valence electrons. The fraction of sp³-hybridized carbons (Fsp3) is 0.467. The quantitative estimate of drug-likeness (QED) is 0.711. The van der Waals surface area contributed by atoms with Crippen molar-refractivity contribution in [2.45, 2.75) is 32.0 Å². The lowest BCUT2D eigenvalue weighted by Gasteiger charge is -2.10. The van der Waals surface area contributed by atoms with E-state index in [1.165, 1.54) is 0 Å². The molecule has 1 atom stereocenters. The molecule has 0 heterocycles. The van der Waals surface area contributed by atoms with Crippen LogP contribution in [-0.4, -0.2) is 36.1 Å². The topological polar surface area (TPSA) is 78.4 Å². The standard InChI is InChI=1S/C15H19F3N2O3/c1-2-12(21)7-8-19-13(22)9-20-14(23)10-3-5-11(6-4-10)15(16,17)18/h3-6,12,21H,2,7-9H2,1H3,(H,19,22)(H,20,23). The van der Waals surface area contributed by atoms with Crippen LogP contribution in [0.25, 0.3) is 0 Å². The number of halogens is 3.